The number of ether oxygens (including phenoxy) is 5. The first kappa shape index (κ1) is 21.9. The zero-order valence-electron chi connectivity index (χ0n) is 17.4. The quantitative estimate of drug-likeness (QED) is 0.655. The fourth-order valence-corrected chi connectivity index (χ4v) is 4.47. The predicted octanol–water partition coefficient (Wildman–Crippen LogP) is 3.42. The predicted molar refractivity (Wildman–Crippen MR) is 110 cm³/mol. The molecule has 31 heavy (non-hydrogen) atoms. The number of hydrogen-bond acceptors (Lipinski definition) is 8. The third-order valence-corrected chi connectivity index (χ3v) is 6.22. The van der Waals surface area contributed by atoms with Gasteiger partial charge in [0, 0.05) is 31.1 Å². The molecule has 2 aliphatic heterocycles. The van der Waals surface area contributed by atoms with Crippen LogP contribution in [0.15, 0.2) is 17.9 Å². The molecule has 1 aliphatic carbocycles. The zero-order valence-corrected chi connectivity index (χ0v) is 18.2. The van der Waals surface area contributed by atoms with Gasteiger partial charge in [0.15, 0.2) is 23.6 Å². The molecule has 0 aromatic heterocycles. The van der Waals surface area contributed by atoms with Crippen LogP contribution in [0.4, 0.5) is 0 Å². The van der Waals surface area contributed by atoms with Gasteiger partial charge in [-0.05, 0) is 19.3 Å². The van der Waals surface area contributed by atoms with Crippen molar-refractivity contribution in [1.82, 2.24) is 0 Å². The van der Waals surface area contributed by atoms with Crippen LogP contribution < -0.4 is 9.47 Å². The molecule has 2 heterocycles. The second-order valence-electron chi connectivity index (χ2n) is 7.88. The van der Waals surface area contributed by atoms with Gasteiger partial charge in [0.05, 0.1) is 13.7 Å². The fourth-order valence-electron chi connectivity index (χ4n) is 4.29. The van der Waals surface area contributed by atoms with Crippen molar-refractivity contribution in [2.24, 2.45) is 5.92 Å². The molecule has 1 N–H and O–H groups in total. The first-order valence-electron chi connectivity index (χ1n) is 10.3. The number of methoxy groups -OCH3 is 1. The van der Waals surface area contributed by atoms with Gasteiger partial charge in [-0.2, -0.15) is 0 Å². The molecule has 0 amide bonds. The molecule has 1 saturated heterocycles. The number of benzene rings is 1. The van der Waals surface area contributed by atoms with E-state index >= 15 is 0 Å². The first-order chi connectivity index (χ1) is 14.9. The third kappa shape index (κ3) is 3.77. The van der Waals surface area contributed by atoms with Crippen molar-refractivity contribution in [3.63, 3.8) is 0 Å². The van der Waals surface area contributed by atoms with E-state index < -0.39 is 17.3 Å². The second kappa shape index (κ2) is 8.68. The number of ketones is 2. The van der Waals surface area contributed by atoms with E-state index in [9.17, 15) is 14.7 Å². The monoisotopic (exact) mass is 452 g/mol. The molecule has 4 rings (SSSR count). The Labute approximate surface area is 185 Å². The van der Waals surface area contributed by atoms with Gasteiger partial charge >= 0.3 is 0 Å². The first-order valence-corrected chi connectivity index (χ1v) is 10.7. The highest BCUT2D eigenvalue weighted by Crippen LogP contribution is 2.54. The molecule has 3 aliphatic rings. The molecule has 9 heteroatoms. The number of fused-ring (bicyclic) bond motifs is 1. The highest BCUT2D eigenvalue weighted by atomic mass is 35.5. The van der Waals surface area contributed by atoms with E-state index in [1.165, 1.54) is 19.3 Å². The van der Waals surface area contributed by atoms with Gasteiger partial charge in [-0.3, -0.25) is 9.59 Å². The second-order valence-corrected chi connectivity index (χ2v) is 8.26. The van der Waals surface area contributed by atoms with Crippen molar-refractivity contribution >= 4 is 23.2 Å². The Morgan fingerprint density at radius 3 is 2.81 bits per heavy atom. The van der Waals surface area contributed by atoms with Gasteiger partial charge in [-0.25, -0.2) is 0 Å². The van der Waals surface area contributed by atoms with E-state index in [1.807, 2.05) is 0 Å². The molecule has 0 radical (unpaired) electrons. The summed E-state index contributed by atoms with van der Waals surface area (Å²) in [4.78, 5) is 25.6. The van der Waals surface area contributed by atoms with Crippen molar-refractivity contribution in [2.75, 3.05) is 26.9 Å². The lowest BCUT2D eigenvalue weighted by molar-refractivity contribution is -0.165. The maximum atomic E-state index is 13.6. The standard InChI is InChI=1S/C22H25ClO8/c1-12-9-13(24)10-16(27-2)22(12)21(26)18-15(11-14(25)19(23)20(18)31-22)28-7-8-30-17-5-3-4-6-29-17/h10-12,17,25H,3-9H2,1-2H3/t12-,17?,22+/m1/s1. The topological polar surface area (TPSA) is 101 Å². The van der Waals surface area contributed by atoms with Gasteiger partial charge in [0.2, 0.25) is 11.4 Å². The van der Waals surface area contributed by atoms with Crippen LogP contribution in [-0.4, -0.2) is 55.5 Å². The van der Waals surface area contributed by atoms with Crippen LogP contribution in [0, 0.1) is 5.92 Å². The molecule has 1 aromatic rings. The van der Waals surface area contributed by atoms with E-state index in [-0.39, 0.29) is 65.3 Å². The van der Waals surface area contributed by atoms with E-state index in [1.54, 1.807) is 6.92 Å². The van der Waals surface area contributed by atoms with Crippen molar-refractivity contribution in [2.45, 2.75) is 44.5 Å². The van der Waals surface area contributed by atoms with Gasteiger partial charge in [0.1, 0.15) is 28.7 Å². The summed E-state index contributed by atoms with van der Waals surface area (Å²) < 4.78 is 28.4. The molecule has 3 atom stereocenters. The van der Waals surface area contributed by atoms with E-state index in [2.05, 4.69) is 0 Å². The smallest absolute Gasteiger partial charge is 0.231 e. The van der Waals surface area contributed by atoms with Crippen LogP contribution in [0.2, 0.25) is 5.02 Å². The summed E-state index contributed by atoms with van der Waals surface area (Å²) >= 11 is 6.26. The number of carbonyl (C=O) groups excluding carboxylic acids is 2. The summed E-state index contributed by atoms with van der Waals surface area (Å²) in [5.74, 6) is -1.11. The lowest BCUT2D eigenvalue weighted by Crippen LogP contribution is -2.51. The summed E-state index contributed by atoms with van der Waals surface area (Å²) in [6.07, 6.45) is 4.03. The van der Waals surface area contributed by atoms with Crippen LogP contribution in [0.1, 0.15) is 43.0 Å². The molecular weight excluding hydrogens is 428 g/mol. The highest BCUT2D eigenvalue weighted by Gasteiger charge is 2.59. The lowest BCUT2D eigenvalue weighted by atomic mass is 9.75. The number of Topliss-reactive ketones (excluding diaryl/α,β-unsaturated/α-hetero) is 1. The summed E-state index contributed by atoms with van der Waals surface area (Å²) in [6, 6.07) is 1.29. The normalized spacial score (nSPS) is 27.6. The van der Waals surface area contributed by atoms with Crippen LogP contribution >= 0.6 is 11.6 Å². The molecule has 1 fully saturated rings. The average Bonchev–Trinajstić information content (AvgIpc) is 3.07. The molecule has 1 aromatic carbocycles. The Hall–Kier alpha value is -2.29. The molecule has 0 bridgehead atoms. The number of phenols is 1. The number of aromatic hydroxyl groups is 1. The molecule has 1 spiro atoms. The number of carbonyl (C=O) groups is 2. The molecule has 8 nitrogen and oxygen atoms in total. The summed E-state index contributed by atoms with van der Waals surface area (Å²) in [6.45, 7) is 2.79. The third-order valence-electron chi connectivity index (χ3n) is 5.85. The van der Waals surface area contributed by atoms with Crippen LogP contribution in [0.3, 0.4) is 0 Å². The minimum atomic E-state index is -1.53. The van der Waals surface area contributed by atoms with Crippen LogP contribution in [0.25, 0.3) is 0 Å². The molecular formula is C22H25ClO8. The largest absolute Gasteiger partial charge is 0.506 e. The van der Waals surface area contributed by atoms with Gasteiger partial charge in [-0.1, -0.05) is 18.5 Å². The van der Waals surface area contributed by atoms with E-state index in [4.69, 9.17) is 35.3 Å². The zero-order chi connectivity index (χ0) is 22.2. The number of rotatable bonds is 6. The molecule has 168 valence electrons. The lowest BCUT2D eigenvalue weighted by Gasteiger charge is -2.36. The van der Waals surface area contributed by atoms with Gasteiger partial charge in [0.25, 0.3) is 0 Å². The summed E-state index contributed by atoms with van der Waals surface area (Å²) in [5, 5.41) is 10.2. The number of allylic oxidation sites excluding steroid dienone is 1. The van der Waals surface area contributed by atoms with Gasteiger partial charge in [-0.15, -0.1) is 0 Å². The Kier molecular flexibility index (Phi) is 6.14. The summed E-state index contributed by atoms with van der Waals surface area (Å²) in [7, 11) is 1.37. The van der Waals surface area contributed by atoms with Gasteiger partial charge < -0.3 is 28.8 Å². The van der Waals surface area contributed by atoms with E-state index in [0.717, 1.165) is 19.3 Å². The molecule has 1 unspecified atom stereocenters. The highest BCUT2D eigenvalue weighted by molar-refractivity contribution is 6.35. The SMILES string of the molecule is COC1=CC(=O)C[C@@H](C)[C@]12Oc1c(Cl)c(O)cc(OCCOC3CCCCO3)c1C2=O. The van der Waals surface area contributed by atoms with E-state index in [0.29, 0.717) is 6.61 Å². The van der Waals surface area contributed by atoms with Crippen molar-refractivity contribution in [1.29, 1.82) is 0 Å². The summed E-state index contributed by atoms with van der Waals surface area (Å²) in [5.41, 5.74) is -1.42. The van der Waals surface area contributed by atoms with Crippen molar-refractivity contribution in [3.05, 3.63) is 28.5 Å². The van der Waals surface area contributed by atoms with Crippen LogP contribution in [0.5, 0.6) is 17.2 Å². The van der Waals surface area contributed by atoms with Crippen molar-refractivity contribution in [3.8, 4) is 17.2 Å². The number of hydrogen-bond donors (Lipinski definition) is 1. The Bertz CT molecular complexity index is 921. The maximum absolute atomic E-state index is 13.6. The minimum absolute atomic E-state index is 0.0161. The maximum Gasteiger partial charge on any atom is 0.231 e. The molecule has 0 saturated carbocycles. The van der Waals surface area contributed by atoms with Crippen LogP contribution in [-0.2, 0) is 19.0 Å². The number of phenolic OH excluding ortho intramolecular Hbond substituents is 1. The van der Waals surface area contributed by atoms with Crippen molar-refractivity contribution < 1.29 is 38.4 Å². The Balaban J connectivity index is 1.59. The Morgan fingerprint density at radius 1 is 1.29 bits per heavy atom. The fraction of sp³-hybridized carbons (Fsp3) is 0.545. The number of halogens is 1. The Morgan fingerprint density at radius 2 is 2.10 bits per heavy atom. The average molecular weight is 453 g/mol. The minimum Gasteiger partial charge on any atom is -0.506 e.